The Morgan fingerprint density at radius 2 is 1.91 bits per heavy atom. The number of carbonyl (C=O) groups excluding carboxylic acids is 1. The molecule has 0 spiro atoms. The number of hydrogen-bond acceptors (Lipinski definition) is 3. The SMILES string of the molecule is CC(C)(C)OC(=O)N1CCn2nc(-c3ccc(Cl)cc3)cc2C1. The van der Waals surface area contributed by atoms with E-state index in [1.54, 1.807) is 4.90 Å². The number of fused-ring (bicyclic) bond motifs is 1. The Morgan fingerprint density at radius 1 is 1.22 bits per heavy atom. The summed E-state index contributed by atoms with van der Waals surface area (Å²) in [5, 5.41) is 5.32. The molecule has 2 aromatic rings. The van der Waals surface area contributed by atoms with Gasteiger partial charge in [-0.1, -0.05) is 23.7 Å². The average molecular weight is 334 g/mol. The van der Waals surface area contributed by atoms with Crippen molar-refractivity contribution in [3.8, 4) is 11.3 Å². The fraction of sp³-hybridized carbons (Fsp3) is 0.412. The first kappa shape index (κ1) is 15.9. The Labute approximate surface area is 140 Å². The number of benzene rings is 1. The Balaban J connectivity index is 1.77. The topological polar surface area (TPSA) is 47.4 Å². The van der Waals surface area contributed by atoms with Crippen LogP contribution in [0.1, 0.15) is 26.5 Å². The third-order valence-electron chi connectivity index (χ3n) is 3.59. The van der Waals surface area contributed by atoms with Gasteiger partial charge in [0.1, 0.15) is 5.60 Å². The molecule has 0 unspecified atom stereocenters. The average Bonchev–Trinajstić information content (AvgIpc) is 2.89. The molecule has 1 aromatic carbocycles. The van der Waals surface area contributed by atoms with Crippen LogP contribution >= 0.6 is 11.6 Å². The van der Waals surface area contributed by atoms with Crippen LogP contribution in [-0.2, 0) is 17.8 Å². The minimum absolute atomic E-state index is 0.280. The molecule has 0 radical (unpaired) electrons. The molecule has 3 rings (SSSR count). The van der Waals surface area contributed by atoms with Crippen molar-refractivity contribution in [3.05, 3.63) is 41.0 Å². The van der Waals surface area contributed by atoms with Crippen molar-refractivity contribution in [2.75, 3.05) is 6.54 Å². The molecule has 122 valence electrons. The third kappa shape index (κ3) is 3.67. The van der Waals surface area contributed by atoms with E-state index in [4.69, 9.17) is 16.3 Å². The minimum atomic E-state index is -0.483. The van der Waals surface area contributed by atoms with Crippen molar-refractivity contribution in [3.63, 3.8) is 0 Å². The smallest absolute Gasteiger partial charge is 0.410 e. The molecule has 0 N–H and O–H groups in total. The summed E-state index contributed by atoms with van der Waals surface area (Å²) in [6.07, 6.45) is -0.280. The van der Waals surface area contributed by atoms with Gasteiger partial charge in [0, 0.05) is 17.1 Å². The summed E-state index contributed by atoms with van der Waals surface area (Å²) in [6.45, 7) is 7.40. The van der Waals surface area contributed by atoms with Crippen LogP contribution in [0.25, 0.3) is 11.3 Å². The van der Waals surface area contributed by atoms with Gasteiger partial charge >= 0.3 is 6.09 Å². The summed E-state index contributed by atoms with van der Waals surface area (Å²) in [5.41, 5.74) is 2.43. The number of hydrogen-bond donors (Lipinski definition) is 0. The van der Waals surface area contributed by atoms with E-state index in [2.05, 4.69) is 5.10 Å². The minimum Gasteiger partial charge on any atom is -0.444 e. The summed E-state index contributed by atoms with van der Waals surface area (Å²) >= 11 is 5.92. The Kier molecular flexibility index (Phi) is 4.06. The van der Waals surface area contributed by atoms with E-state index in [0.29, 0.717) is 24.7 Å². The monoisotopic (exact) mass is 333 g/mol. The number of carbonyl (C=O) groups is 1. The standard InChI is InChI=1S/C17H20ClN3O2/c1-17(2,3)23-16(22)20-8-9-21-14(11-20)10-15(19-21)12-4-6-13(18)7-5-12/h4-7,10H,8-9,11H2,1-3H3. The van der Waals surface area contributed by atoms with Crippen LogP contribution in [0.2, 0.25) is 5.02 Å². The lowest BCUT2D eigenvalue weighted by atomic mass is 10.1. The highest BCUT2D eigenvalue weighted by Gasteiger charge is 2.26. The summed E-state index contributed by atoms with van der Waals surface area (Å²) in [5.74, 6) is 0. The van der Waals surface area contributed by atoms with E-state index < -0.39 is 5.60 Å². The molecule has 0 atom stereocenters. The molecule has 23 heavy (non-hydrogen) atoms. The summed E-state index contributed by atoms with van der Waals surface area (Å²) in [7, 11) is 0. The van der Waals surface area contributed by atoms with Crippen LogP contribution in [0.5, 0.6) is 0 Å². The molecule has 6 heteroatoms. The van der Waals surface area contributed by atoms with Gasteiger partial charge in [0.25, 0.3) is 0 Å². The van der Waals surface area contributed by atoms with Crippen LogP contribution in [0.3, 0.4) is 0 Å². The molecule has 0 fully saturated rings. The van der Waals surface area contributed by atoms with Gasteiger partial charge in [0.05, 0.1) is 24.5 Å². The first-order valence-corrected chi connectivity index (χ1v) is 8.00. The second-order valence-corrected chi connectivity index (χ2v) is 7.09. The number of nitrogens with zero attached hydrogens (tertiary/aromatic N) is 3. The van der Waals surface area contributed by atoms with Crippen LogP contribution < -0.4 is 0 Å². The van der Waals surface area contributed by atoms with Crippen molar-refractivity contribution in [1.82, 2.24) is 14.7 Å². The number of amides is 1. The van der Waals surface area contributed by atoms with E-state index in [9.17, 15) is 4.79 Å². The molecule has 1 aromatic heterocycles. The second-order valence-electron chi connectivity index (χ2n) is 6.65. The van der Waals surface area contributed by atoms with E-state index >= 15 is 0 Å². The van der Waals surface area contributed by atoms with Crippen molar-refractivity contribution in [2.45, 2.75) is 39.5 Å². The second kappa shape index (κ2) is 5.89. The Morgan fingerprint density at radius 3 is 2.57 bits per heavy atom. The highest BCUT2D eigenvalue weighted by molar-refractivity contribution is 6.30. The van der Waals surface area contributed by atoms with E-state index in [-0.39, 0.29) is 6.09 Å². The lowest BCUT2D eigenvalue weighted by Gasteiger charge is -2.30. The largest absolute Gasteiger partial charge is 0.444 e. The zero-order valence-electron chi connectivity index (χ0n) is 13.5. The predicted molar refractivity (Wildman–Crippen MR) is 89.3 cm³/mol. The van der Waals surface area contributed by atoms with Gasteiger partial charge in [-0.3, -0.25) is 4.68 Å². The maximum absolute atomic E-state index is 12.2. The molecule has 0 bridgehead atoms. The van der Waals surface area contributed by atoms with Crippen molar-refractivity contribution >= 4 is 17.7 Å². The van der Waals surface area contributed by atoms with E-state index in [1.165, 1.54) is 0 Å². The molecule has 5 nitrogen and oxygen atoms in total. The van der Waals surface area contributed by atoms with Gasteiger partial charge in [-0.15, -0.1) is 0 Å². The van der Waals surface area contributed by atoms with Gasteiger partial charge in [-0.05, 0) is 39.0 Å². The van der Waals surface area contributed by atoms with Gasteiger partial charge in [0.15, 0.2) is 0 Å². The van der Waals surface area contributed by atoms with E-state index in [1.807, 2.05) is 55.8 Å². The molecule has 1 aliphatic rings. The number of ether oxygens (including phenoxy) is 1. The number of halogens is 1. The molecule has 1 aliphatic heterocycles. The molecule has 1 amide bonds. The van der Waals surface area contributed by atoms with Gasteiger partial charge in [-0.25, -0.2) is 4.79 Å². The van der Waals surface area contributed by atoms with Gasteiger partial charge in [0.2, 0.25) is 0 Å². The van der Waals surface area contributed by atoms with Crippen LogP contribution in [0.4, 0.5) is 4.79 Å². The van der Waals surface area contributed by atoms with Gasteiger partial charge in [-0.2, -0.15) is 5.10 Å². The number of rotatable bonds is 1. The fourth-order valence-corrected chi connectivity index (χ4v) is 2.64. The molecular weight excluding hydrogens is 314 g/mol. The lowest BCUT2D eigenvalue weighted by Crippen LogP contribution is -2.41. The maximum atomic E-state index is 12.2. The van der Waals surface area contributed by atoms with E-state index in [0.717, 1.165) is 17.0 Å². The first-order valence-electron chi connectivity index (χ1n) is 7.62. The number of aromatic nitrogens is 2. The quantitative estimate of drug-likeness (QED) is 0.793. The summed E-state index contributed by atoms with van der Waals surface area (Å²) in [4.78, 5) is 13.9. The summed E-state index contributed by atoms with van der Waals surface area (Å²) < 4.78 is 7.39. The molecule has 0 aliphatic carbocycles. The third-order valence-corrected chi connectivity index (χ3v) is 3.84. The maximum Gasteiger partial charge on any atom is 0.410 e. The predicted octanol–water partition coefficient (Wildman–Crippen LogP) is 3.95. The fourth-order valence-electron chi connectivity index (χ4n) is 2.51. The Hall–Kier alpha value is -2.01. The molecule has 0 saturated carbocycles. The van der Waals surface area contributed by atoms with Crippen molar-refractivity contribution in [2.24, 2.45) is 0 Å². The summed E-state index contributed by atoms with van der Waals surface area (Å²) in [6, 6.07) is 9.61. The van der Waals surface area contributed by atoms with Gasteiger partial charge < -0.3 is 9.64 Å². The highest BCUT2D eigenvalue weighted by atomic mass is 35.5. The highest BCUT2D eigenvalue weighted by Crippen LogP contribution is 2.24. The van der Waals surface area contributed by atoms with Crippen LogP contribution in [-0.4, -0.2) is 32.9 Å². The van der Waals surface area contributed by atoms with Crippen LogP contribution in [0.15, 0.2) is 30.3 Å². The lowest BCUT2D eigenvalue weighted by molar-refractivity contribution is 0.0194. The zero-order chi connectivity index (χ0) is 16.6. The first-order chi connectivity index (χ1) is 10.8. The van der Waals surface area contributed by atoms with Crippen molar-refractivity contribution in [1.29, 1.82) is 0 Å². The van der Waals surface area contributed by atoms with Crippen LogP contribution in [0, 0.1) is 0 Å². The zero-order valence-corrected chi connectivity index (χ0v) is 14.3. The Bertz CT molecular complexity index is 716. The van der Waals surface area contributed by atoms with Crippen molar-refractivity contribution < 1.29 is 9.53 Å². The molecule has 2 heterocycles. The molecule has 0 saturated heterocycles. The normalized spacial score (nSPS) is 14.5. The molecular formula is C17H20ClN3O2.